The zero-order valence-electron chi connectivity index (χ0n) is 18.0. The van der Waals surface area contributed by atoms with Crippen molar-refractivity contribution in [3.63, 3.8) is 0 Å². The summed E-state index contributed by atoms with van der Waals surface area (Å²) >= 11 is 0. The molecule has 2 unspecified atom stereocenters. The van der Waals surface area contributed by atoms with Crippen molar-refractivity contribution in [2.24, 2.45) is 0 Å². The quantitative estimate of drug-likeness (QED) is 0.255. The van der Waals surface area contributed by atoms with Crippen LogP contribution in [0.5, 0.6) is 34.5 Å². The third-order valence-corrected chi connectivity index (χ3v) is 5.91. The molecular formula is C28H22O6. The zero-order valence-corrected chi connectivity index (χ0v) is 18.0. The van der Waals surface area contributed by atoms with Crippen molar-refractivity contribution in [2.45, 2.75) is 12.0 Å². The molecular weight excluding hydrogens is 432 g/mol. The molecule has 4 aromatic carbocycles. The van der Waals surface area contributed by atoms with Gasteiger partial charge in [-0.1, -0.05) is 42.5 Å². The van der Waals surface area contributed by atoms with Crippen LogP contribution in [0, 0.1) is 0 Å². The second-order valence-electron chi connectivity index (χ2n) is 8.23. The minimum absolute atomic E-state index is 0.0135. The van der Waals surface area contributed by atoms with Crippen LogP contribution in [0.4, 0.5) is 0 Å². The summed E-state index contributed by atoms with van der Waals surface area (Å²) < 4.78 is 6.29. The lowest BCUT2D eigenvalue weighted by Crippen LogP contribution is -2.11. The molecule has 2 atom stereocenters. The lowest BCUT2D eigenvalue weighted by atomic mass is 9.82. The number of para-hydroxylation sites is 1. The summed E-state index contributed by atoms with van der Waals surface area (Å²) in [5.41, 5.74) is 3.43. The summed E-state index contributed by atoms with van der Waals surface area (Å²) in [6, 6.07) is 21.1. The monoisotopic (exact) mass is 454 g/mol. The first-order valence-corrected chi connectivity index (χ1v) is 10.7. The number of rotatable bonds is 4. The molecule has 0 saturated heterocycles. The predicted octanol–water partition coefficient (Wildman–Crippen LogP) is 5.65. The highest BCUT2D eigenvalue weighted by Crippen LogP contribution is 2.53. The van der Waals surface area contributed by atoms with Crippen LogP contribution >= 0.6 is 0 Å². The number of hydrogen-bond donors (Lipinski definition) is 5. The minimum atomic E-state index is -0.545. The van der Waals surface area contributed by atoms with E-state index in [0.29, 0.717) is 22.4 Å². The van der Waals surface area contributed by atoms with Gasteiger partial charge in [0.05, 0.1) is 5.92 Å². The highest BCUT2D eigenvalue weighted by molar-refractivity contribution is 5.77. The number of hydrogen-bond acceptors (Lipinski definition) is 6. The lowest BCUT2D eigenvalue weighted by Gasteiger charge is -2.21. The van der Waals surface area contributed by atoms with Gasteiger partial charge in [-0.25, -0.2) is 0 Å². The van der Waals surface area contributed by atoms with E-state index in [1.54, 1.807) is 72.8 Å². The molecule has 0 aromatic heterocycles. The molecule has 0 bridgehead atoms. The molecule has 0 radical (unpaired) electrons. The molecule has 170 valence electrons. The van der Waals surface area contributed by atoms with E-state index in [4.69, 9.17) is 4.74 Å². The van der Waals surface area contributed by atoms with Crippen LogP contribution in [0.3, 0.4) is 0 Å². The summed E-state index contributed by atoms with van der Waals surface area (Å²) in [5, 5.41) is 50.6. The number of fused-ring (bicyclic) bond motifs is 1. The van der Waals surface area contributed by atoms with Gasteiger partial charge in [0, 0.05) is 23.3 Å². The summed E-state index contributed by atoms with van der Waals surface area (Å²) in [6.07, 6.45) is 2.98. The standard InChI is InChI=1S/C28H22O6/c29-20-9-7-17(8-10-20)28-27(19-12-21(30)14-22(31)13-19)26-18(11-23(32)15-25(26)34-28)6-5-16-3-1-2-4-24(16)33/h1-15,27-33H/b6-5-. The van der Waals surface area contributed by atoms with Crippen molar-refractivity contribution in [1.82, 2.24) is 0 Å². The molecule has 0 aliphatic carbocycles. The van der Waals surface area contributed by atoms with E-state index in [-0.39, 0.29) is 28.7 Å². The van der Waals surface area contributed by atoms with Crippen molar-refractivity contribution >= 4 is 12.2 Å². The Labute approximate surface area is 195 Å². The molecule has 0 saturated carbocycles. The number of benzene rings is 4. The van der Waals surface area contributed by atoms with E-state index in [1.807, 2.05) is 6.07 Å². The molecule has 1 heterocycles. The molecule has 0 amide bonds. The number of aromatic hydroxyl groups is 5. The fourth-order valence-electron chi connectivity index (χ4n) is 4.43. The van der Waals surface area contributed by atoms with Gasteiger partial charge in [-0.15, -0.1) is 0 Å². The fraction of sp³-hybridized carbons (Fsp3) is 0.0714. The van der Waals surface area contributed by atoms with Gasteiger partial charge in [0.25, 0.3) is 0 Å². The van der Waals surface area contributed by atoms with Gasteiger partial charge < -0.3 is 30.3 Å². The first-order valence-electron chi connectivity index (χ1n) is 10.7. The summed E-state index contributed by atoms with van der Waals surface area (Å²) in [6.45, 7) is 0. The summed E-state index contributed by atoms with van der Waals surface area (Å²) in [7, 11) is 0. The van der Waals surface area contributed by atoms with Crippen LogP contribution in [0.2, 0.25) is 0 Å². The maximum atomic E-state index is 10.4. The molecule has 5 rings (SSSR count). The average molecular weight is 454 g/mol. The lowest BCUT2D eigenvalue weighted by molar-refractivity contribution is 0.221. The molecule has 0 spiro atoms. The molecule has 1 aliphatic heterocycles. The van der Waals surface area contributed by atoms with Crippen LogP contribution in [0.15, 0.2) is 78.9 Å². The van der Waals surface area contributed by atoms with Gasteiger partial charge in [0.1, 0.15) is 40.6 Å². The molecule has 4 aromatic rings. The number of phenolic OH excluding ortho intramolecular Hbond substituents is 5. The predicted molar refractivity (Wildman–Crippen MR) is 128 cm³/mol. The van der Waals surface area contributed by atoms with Crippen LogP contribution in [-0.4, -0.2) is 25.5 Å². The Morgan fingerprint density at radius 2 is 1.24 bits per heavy atom. The molecule has 6 nitrogen and oxygen atoms in total. The second-order valence-corrected chi connectivity index (χ2v) is 8.23. The third-order valence-electron chi connectivity index (χ3n) is 5.91. The molecule has 0 fully saturated rings. The first kappa shape index (κ1) is 21.3. The number of phenols is 5. The van der Waals surface area contributed by atoms with Gasteiger partial charge >= 0.3 is 0 Å². The van der Waals surface area contributed by atoms with Gasteiger partial charge in [0.15, 0.2) is 0 Å². The Morgan fingerprint density at radius 3 is 1.94 bits per heavy atom. The summed E-state index contributed by atoms with van der Waals surface area (Å²) in [4.78, 5) is 0. The van der Waals surface area contributed by atoms with Crippen LogP contribution < -0.4 is 4.74 Å². The SMILES string of the molecule is Oc1ccc(C2Oc3cc(O)cc(/C=C\c4ccccc4O)c3C2c2cc(O)cc(O)c2)cc1. The maximum Gasteiger partial charge on any atom is 0.135 e. The molecule has 1 aliphatic rings. The number of ether oxygens (including phenoxy) is 1. The highest BCUT2D eigenvalue weighted by atomic mass is 16.5. The second kappa shape index (κ2) is 8.41. The minimum Gasteiger partial charge on any atom is -0.508 e. The van der Waals surface area contributed by atoms with E-state index in [2.05, 4.69) is 0 Å². The maximum absolute atomic E-state index is 10.4. The van der Waals surface area contributed by atoms with E-state index in [0.717, 1.165) is 11.1 Å². The van der Waals surface area contributed by atoms with Gasteiger partial charge in [-0.2, -0.15) is 0 Å². The smallest absolute Gasteiger partial charge is 0.135 e. The van der Waals surface area contributed by atoms with Crippen molar-refractivity contribution in [3.05, 3.63) is 107 Å². The van der Waals surface area contributed by atoms with Crippen molar-refractivity contribution in [2.75, 3.05) is 0 Å². The van der Waals surface area contributed by atoms with Crippen molar-refractivity contribution in [3.8, 4) is 34.5 Å². The Morgan fingerprint density at radius 1 is 0.588 bits per heavy atom. The molecule has 34 heavy (non-hydrogen) atoms. The fourth-order valence-corrected chi connectivity index (χ4v) is 4.43. The molecule has 5 N–H and O–H groups in total. The van der Waals surface area contributed by atoms with E-state index >= 15 is 0 Å². The van der Waals surface area contributed by atoms with Crippen molar-refractivity contribution in [1.29, 1.82) is 0 Å². The summed E-state index contributed by atoms with van der Waals surface area (Å²) in [5.74, 6) is 0.110. The Hall–Kier alpha value is -4.58. The van der Waals surface area contributed by atoms with E-state index < -0.39 is 12.0 Å². The van der Waals surface area contributed by atoms with Crippen LogP contribution in [0.1, 0.15) is 39.8 Å². The molecule has 6 heteroatoms. The normalized spacial score (nSPS) is 16.9. The zero-order chi connectivity index (χ0) is 23.8. The Balaban J connectivity index is 1.69. The van der Waals surface area contributed by atoms with Gasteiger partial charge in [0.2, 0.25) is 0 Å². The largest absolute Gasteiger partial charge is 0.508 e. The third kappa shape index (κ3) is 3.97. The Kier molecular flexibility index (Phi) is 5.26. The topological polar surface area (TPSA) is 110 Å². The van der Waals surface area contributed by atoms with Gasteiger partial charge in [-0.3, -0.25) is 0 Å². The Bertz CT molecular complexity index is 1370. The van der Waals surface area contributed by atoms with E-state index in [9.17, 15) is 25.5 Å². The van der Waals surface area contributed by atoms with Crippen LogP contribution in [0.25, 0.3) is 12.2 Å². The van der Waals surface area contributed by atoms with Crippen LogP contribution in [-0.2, 0) is 0 Å². The first-order chi connectivity index (χ1) is 16.4. The van der Waals surface area contributed by atoms with Crippen molar-refractivity contribution < 1.29 is 30.3 Å². The van der Waals surface area contributed by atoms with Gasteiger partial charge in [-0.05, 0) is 53.1 Å². The highest BCUT2D eigenvalue weighted by Gasteiger charge is 2.39. The van der Waals surface area contributed by atoms with E-state index in [1.165, 1.54) is 12.1 Å². The average Bonchev–Trinajstić information content (AvgIpc) is 3.17.